The zero-order valence-corrected chi connectivity index (χ0v) is 11.0. The summed E-state index contributed by atoms with van der Waals surface area (Å²) in [6.45, 7) is 4.33. The topological polar surface area (TPSA) is 12.0 Å². The lowest BCUT2D eigenvalue weighted by atomic mass is 9.95. The highest BCUT2D eigenvalue weighted by Gasteiger charge is 2.22. The Balaban J connectivity index is 2.89. The molecule has 0 saturated heterocycles. The second-order valence-corrected chi connectivity index (χ2v) is 4.82. The number of nitrogens with one attached hydrogen (secondary N) is 1. The van der Waals surface area contributed by atoms with Gasteiger partial charge in [0.25, 0.3) is 0 Å². The average molecular weight is 225 g/mol. The molecule has 0 aromatic rings. The van der Waals surface area contributed by atoms with Crippen LogP contribution < -0.4 is 5.32 Å². The smallest absolute Gasteiger partial charge is 0.0109 e. The molecule has 0 radical (unpaired) electrons. The number of allylic oxidation sites excluding steroid dienone is 3. The Hall–Kier alpha value is -0.210. The van der Waals surface area contributed by atoms with Crippen LogP contribution in [0.5, 0.6) is 0 Å². The number of rotatable bonds is 3. The lowest BCUT2D eigenvalue weighted by Crippen LogP contribution is -2.30. The van der Waals surface area contributed by atoms with E-state index in [-0.39, 0.29) is 0 Å². The Bertz CT molecular complexity index is 255. The Morgan fingerprint density at radius 3 is 2.80 bits per heavy atom. The summed E-state index contributed by atoms with van der Waals surface area (Å²) in [6.07, 6.45) is 9.43. The maximum Gasteiger partial charge on any atom is 0.0109 e. The van der Waals surface area contributed by atoms with Crippen molar-refractivity contribution in [3.63, 3.8) is 0 Å². The molecule has 0 heterocycles. The molecule has 0 spiro atoms. The number of hydrogen-bond donors (Lipinski definition) is 2. The average Bonchev–Trinajstić information content (AvgIpc) is 2.42. The van der Waals surface area contributed by atoms with E-state index in [2.05, 4.69) is 31.3 Å². The third-order valence-corrected chi connectivity index (χ3v) is 3.94. The Morgan fingerprint density at radius 1 is 1.47 bits per heavy atom. The first kappa shape index (κ1) is 12.9. The fourth-order valence-corrected chi connectivity index (χ4v) is 2.78. The van der Waals surface area contributed by atoms with Gasteiger partial charge >= 0.3 is 0 Å². The van der Waals surface area contributed by atoms with Gasteiger partial charge in [0.05, 0.1) is 0 Å². The molecule has 0 saturated carbocycles. The van der Waals surface area contributed by atoms with E-state index < -0.39 is 0 Å². The first-order chi connectivity index (χ1) is 7.20. The van der Waals surface area contributed by atoms with Gasteiger partial charge in [-0.15, -0.1) is 12.6 Å². The molecule has 0 unspecified atom stereocenters. The summed E-state index contributed by atoms with van der Waals surface area (Å²) in [7, 11) is 2.03. The maximum atomic E-state index is 4.74. The van der Waals surface area contributed by atoms with Crippen LogP contribution >= 0.6 is 12.6 Å². The van der Waals surface area contributed by atoms with Gasteiger partial charge in [0.15, 0.2) is 0 Å². The quantitative estimate of drug-likeness (QED) is 0.700. The van der Waals surface area contributed by atoms with Crippen molar-refractivity contribution in [3.05, 3.63) is 22.6 Å². The van der Waals surface area contributed by atoms with Gasteiger partial charge in [-0.25, -0.2) is 0 Å². The molecule has 0 fully saturated rings. The van der Waals surface area contributed by atoms with E-state index in [1.165, 1.54) is 36.2 Å². The summed E-state index contributed by atoms with van der Waals surface area (Å²) in [4.78, 5) is 1.30. The van der Waals surface area contributed by atoms with Crippen molar-refractivity contribution < 1.29 is 0 Å². The summed E-state index contributed by atoms with van der Waals surface area (Å²) in [5, 5.41) is 3.35. The summed E-state index contributed by atoms with van der Waals surface area (Å²) in [5.74, 6) is 0.590. The van der Waals surface area contributed by atoms with E-state index in [9.17, 15) is 0 Å². The van der Waals surface area contributed by atoms with Crippen molar-refractivity contribution in [2.75, 3.05) is 7.05 Å². The van der Waals surface area contributed by atoms with Crippen LogP contribution in [0.2, 0.25) is 0 Å². The van der Waals surface area contributed by atoms with Gasteiger partial charge in [0, 0.05) is 12.0 Å². The molecule has 0 aromatic carbocycles. The maximum absolute atomic E-state index is 4.74. The molecule has 0 aromatic heterocycles. The van der Waals surface area contributed by atoms with E-state index >= 15 is 0 Å². The first-order valence-corrected chi connectivity index (χ1v) is 6.37. The lowest BCUT2D eigenvalue weighted by Gasteiger charge is -2.23. The van der Waals surface area contributed by atoms with Crippen LogP contribution in [0.3, 0.4) is 0 Å². The van der Waals surface area contributed by atoms with E-state index in [4.69, 9.17) is 12.6 Å². The van der Waals surface area contributed by atoms with Crippen molar-refractivity contribution >= 4 is 12.6 Å². The molecule has 0 bridgehead atoms. The minimum atomic E-state index is 0.524. The van der Waals surface area contributed by atoms with Crippen molar-refractivity contribution in [1.29, 1.82) is 0 Å². The minimum Gasteiger partial charge on any atom is -0.317 e. The number of thiol groups is 1. The van der Waals surface area contributed by atoms with E-state index in [0.29, 0.717) is 12.0 Å². The molecular weight excluding hydrogens is 202 g/mol. The van der Waals surface area contributed by atoms with E-state index in [1.807, 2.05) is 7.05 Å². The molecule has 2 atom stereocenters. The Labute approximate surface area is 99.4 Å². The van der Waals surface area contributed by atoms with Crippen LogP contribution in [0, 0.1) is 5.92 Å². The summed E-state index contributed by atoms with van der Waals surface area (Å²) in [6, 6.07) is 0.524. The van der Waals surface area contributed by atoms with Gasteiger partial charge < -0.3 is 5.32 Å². The van der Waals surface area contributed by atoms with Crippen LogP contribution in [-0.4, -0.2) is 13.1 Å². The predicted molar refractivity (Wildman–Crippen MR) is 71.3 cm³/mol. The number of hydrogen-bond acceptors (Lipinski definition) is 2. The van der Waals surface area contributed by atoms with E-state index in [0.717, 1.165) is 0 Å². The molecule has 1 nitrogen and oxygen atoms in total. The molecule has 86 valence electrons. The Kier molecular flexibility index (Phi) is 5.48. The fraction of sp³-hybridized carbons (Fsp3) is 0.692. The molecule has 0 amide bonds. The van der Waals surface area contributed by atoms with Gasteiger partial charge in [-0.3, -0.25) is 0 Å². The van der Waals surface area contributed by atoms with Crippen LogP contribution in [0.4, 0.5) is 0 Å². The van der Waals surface area contributed by atoms with E-state index in [1.54, 1.807) is 0 Å². The molecule has 1 rings (SSSR count). The predicted octanol–water partition coefficient (Wildman–Crippen LogP) is 3.54. The summed E-state index contributed by atoms with van der Waals surface area (Å²) < 4.78 is 0. The van der Waals surface area contributed by atoms with Gasteiger partial charge in [-0.2, -0.15) is 0 Å². The third kappa shape index (κ3) is 3.39. The second kappa shape index (κ2) is 6.39. The van der Waals surface area contributed by atoms with Crippen molar-refractivity contribution in [2.24, 2.45) is 5.92 Å². The molecule has 0 aliphatic heterocycles. The van der Waals surface area contributed by atoms with Crippen LogP contribution in [0.1, 0.15) is 39.5 Å². The van der Waals surface area contributed by atoms with Crippen molar-refractivity contribution in [2.45, 2.75) is 45.6 Å². The largest absolute Gasteiger partial charge is 0.317 e. The van der Waals surface area contributed by atoms with Crippen molar-refractivity contribution in [3.8, 4) is 0 Å². The molecular formula is C13H23NS. The van der Waals surface area contributed by atoms with Gasteiger partial charge in [0.1, 0.15) is 0 Å². The highest BCUT2D eigenvalue weighted by atomic mass is 32.1. The zero-order valence-electron chi connectivity index (χ0n) is 10.1. The monoisotopic (exact) mass is 225 g/mol. The Morgan fingerprint density at radius 2 is 2.20 bits per heavy atom. The third-order valence-electron chi connectivity index (χ3n) is 3.32. The highest BCUT2D eigenvalue weighted by Crippen LogP contribution is 2.33. The summed E-state index contributed by atoms with van der Waals surface area (Å²) >= 11 is 4.74. The van der Waals surface area contributed by atoms with Gasteiger partial charge in [-0.1, -0.05) is 18.6 Å². The minimum absolute atomic E-state index is 0.524. The molecule has 1 aliphatic carbocycles. The molecule has 1 aliphatic rings. The molecule has 1 N–H and O–H groups in total. The van der Waals surface area contributed by atoms with Crippen LogP contribution in [0.25, 0.3) is 0 Å². The molecule has 2 heteroatoms. The zero-order chi connectivity index (χ0) is 11.3. The fourth-order valence-electron chi connectivity index (χ4n) is 2.24. The highest BCUT2D eigenvalue weighted by molar-refractivity contribution is 7.84. The van der Waals surface area contributed by atoms with Crippen LogP contribution in [0.15, 0.2) is 22.6 Å². The normalized spacial score (nSPS) is 25.7. The molecule has 15 heavy (non-hydrogen) atoms. The standard InChI is InChI=1S/C13H23NS/c1-4-7-11-8-5-6-9-12(13(11)15)10(2)14-3/h4,7,10,12,14-15H,5-6,8-9H2,1-3H3/b7-4-/t10-,12+/m1/s1. The first-order valence-electron chi connectivity index (χ1n) is 5.92. The second-order valence-electron chi connectivity index (χ2n) is 4.34. The SMILES string of the molecule is C/C=C\C1=C(S)[C@H]([C@@H](C)NC)CCCC1. The van der Waals surface area contributed by atoms with Gasteiger partial charge in [-0.05, 0) is 50.6 Å². The van der Waals surface area contributed by atoms with Crippen molar-refractivity contribution in [1.82, 2.24) is 5.32 Å². The summed E-state index contributed by atoms with van der Waals surface area (Å²) in [5.41, 5.74) is 1.44. The lowest BCUT2D eigenvalue weighted by molar-refractivity contribution is 0.428. The van der Waals surface area contributed by atoms with Crippen LogP contribution in [-0.2, 0) is 0 Å². The van der Waals surface area contributed by atoms with Gasteiger partial charge in [0.2, 0.25) is 0 Å².